The Morgan fingerprint density at radius 2 is 1.69 bits per heavy atom. The van der Waals surface area contributed by atoms with Gasteiger partial charge < -0.3 is 4.90 Å². The van der Waals surface area contributed by atoms with Gasteiger partial charge in [-0.15, -0.1) is 0 Å². The number of fused-ring (bicyclic) bond motifs is 1. The molecule has 8 heteroatoms. The van der Waals surface area contributed by atoms with E-state index >= 15 is 0 Å². The van der Waals surface area contributed by atoms with Gasteiger partial charge >= 0.3 is 0 Å². The Morgan fingerprint density at radius 1 is 1.04 bits per heavy atom. The molecule has 2 aromatic rings. The van der Waals surface area contributed by atoms with Crippen molar-refractivity contribution in [2.75, 3.05) is 39.3 Å². The van der Waals surface area contributed by atoms with Crippen molar-refractivity contribution in [3.63, 3.8) is 0 Å². The Labute approximate surface area is 154 Å². The number of pyridine rings is 1. The zero-order valence-corrected chi connectivity index (χ0v) is 15.9. The highest BCUT2D eigenvalue weighted by molar-refractivity contribution is 7.86. The summed E-state index contributed by atoms with van der Waals surface area (Å²) in [6.07, 6.45) is 0. The first-order valence-electron chi connectivity index (χ1n) is 8.87. The molecule has 0 saturated carbocycles. The molecule has 1 amide bonds. The number of rotatable bonds is 5. The second-order valence-electron chi connectivity index (χ2n) is 6.17. The molecular weight excluding hydrogens is 352 g/mol. The van der Waals surface area contributed by atoms with Crippen molar-refractivity contribution < 1.29 is 13.2 Å². The third kappa shape index (κ3) is 3.58. The lowest BCUT2D eigenvalue weighted by molar-refractivity contribution is 0.0688. The number of nitrogens with zero attached hydrogens (tertiary/aromatic N) is 4. The predicted octanol–water partition coefficient (Wildman–Crippen LogP) is 1.58. The Morgan fingerprint density at radius 3 is 2.35 bits per heavy atom. The summed E-state index contributed by atoms with van der Waals surface area (Å²) in [5.74, 6) is -0.157. The van der Waals surface area contributed by atoms with Crippen LogP contribution < -0.4 is 0 Å². The smallest absolute Gasteiger partial charge is 0.282 e. The number of para-hydroxylation sites is 1. The second-order valence-corrected chi connectivity index (χ2v) is 8.10. The van der Waals surface area contributed by atoms with Crippen LogP contribution in [0.15, 0.2) is 36.4 Å². The van der Waals surface area contributed by atoms with Gasteiger partial charge in [-0.2, -0.15) is 17.0 Å². The number of carbonyl (C=O) groups is 1. The monoisotopic (exact) mass is 376 g/mol. The fourth-order valence-corrected chi connectivity index (χ4v) is 4.79. The van der Waals surface area contributed by atoms with Crippen molar-refractivity contribution in [1.29, 1.82) is 0 Å². The number of hydrogen-bond acceptors (Lipinski definition) is 4. The summed E-state index contributed by atoms with van der Waals surface area (Å²) in [7, 11) is -3.45. The zero-order chi connectivity index (χ0) is 18.7. The van der Waals surface area contributed by atoms with Crippen LogP contribution in [0.1, 0.15) is 24.3 Å². The predicted molar refractivity (Wildman–Crippen MR) is 101 cm³/mol. The Balaban J connectivity index is 1.70. The van der Waals surface area contributed by atoms with Crippen LogP contribution in [0.4, 0.5) is 0 Å². The molecule has 0 N–H and O–H groups in total. The molecular formula is C18H24N4O3S. The highest BCUT2D eigenvalue weighted by Gasteiger charge is 2.32. The van der Waals surface area contributed by atoms with Crippen LogP contribution in [0.2, 0.25) is 0 Å². The standard InChI is InChI=1S/C18H24N4O3S/c1-3-21(4-2)26(24,25)22-13-11-20(12-14-22)18(23)17-10-9-15-7-5-6-8-16(15)19-17/h5-10H,3-4,11-14H2,1-2H3. The molecule has 1 aliphatic rings. The SMILES string of the molecule is CCN(CC)S(=O)(=O)N1CCN(C(=O)c2ccc3ccccc3n2)CC1. The molecule has 3 rings (SSSR count). The molecule has 1 saturated heterocycles. The summed E-state index contributed by atoms with van der Waals surface area (Å²) in [5.41, 5.74) is 1.17. The van der Waals surface area contributed by atoms with Crippen molar-refractivity contribution in [2.45, 2.75) is 13.8 Å². The third-order valence-electron chi connectivity index (χ3n) is 4.70. The zero-order valence-electron chi connectivity index (χ0n) is 15.1. The average Bonchev–Trinajstić information content (AvgIpc) is 2.68. The van der Waals surface area contributed by atoms with Crippen LogP contribution in [0, 0.1) is 0 Å². The minimum atomic E-state index is -3.45. The topological polar surface area (TPSA) is 73.8 Å². The number of carbonyl (C=O) groups excluding carboxylic acids is 1. The fourth-order valence-electron chi connectivity index (χ4n) is 3.18. The van der Waals surface area contributed by atoms with Gasteiger partial charge in [0.25, 0.3) is 16.1 Å². The van der Waals surface area contributed by atoms with E-state index in [0.29, 0.717) is 45.0 Å². The first kappa shape index (κ1) is 18.8. The highest BCUT2D eigenvalue weighted by atomic mass is 32.2. The summed E-state index contributed by atoms with van der Waals surface area (Å²) in [6.45, 7) is 5.88. The van der Waals surface area contributed by atoms with Crippen molar-refractivity contribution >= 4 is 27.0 Å². The van der Waals surface area contributed by atoms with E-state index in [0.717, 1.165) is 10.9 Å². The maximum Gasteiger partial charge on any atom is 0.282 e. The van der Waals surface area contributed by atoms with Gasteiger partial charge in [0.05, 0.1) is 5.52 Å². The fraction of sp³-hybridized carbons (Fsp3) is 0.444. The van der Waals surface area contributed by atoms with Crippen LogP contribution in [0.3, 0.4) is 0 Å². The maximum absolute atomic E-state index is 12.7. The molecule has 1 aliphatic heterocycles. The second kappa shape index (κ2) is 7.69. The van der Waals surface area contributed by atoms with Gasteiger partial charge in [0.2, 0.25) is 0 Å². The molecule has 0 bridgehead atoms. The van der Waals surface area contributed by atoms with E-state index in [2.05, 4.69) is 4.98 Å². The minimum Gasteiger partial charge on any atom is -0.335 e. The number of aromatic nitrogens is 1. The van der Waals surface area contributed by atoms with Gasteiger partial charge in [0.15, 0.2) is 0 Å². The van der Waals surface area contributed by atoms with E-state index in [1.165, 1.54) is 8.61 Å². The molecule has 1 fully saturated rings. The van der Waals surface area contributed by atoms with Crippen molar-refractivity contribution in [3.05, 3.63) is 42.1 Å². The number of hydrogen-bond donors (Lipinski definition) is 0. The molecule has 2 heterocycles. The first-order valence-corrected chi connectivity index (χ1v) is 10.3. The number of benzene rings is 1. The highest BCUT2D eigenvalue weighted by Crippen LogP contribution is 2.16. The molecule has 0 atom stereocenters. The van der Waals surface area contributed by atoms with E-state index in [1.807, 2.05) is 44.2 Å². The summed E-state index contributed by atoms with van der Waals surface area (Å²) in [6, 6.07) is 11.3. The number of piperazine rings is 1. The normalized spacial score (nSPS) is 16.3. The van der Waals surface area contributed by atoms with E-state index in [4.69, 9.17) is 0 Å². The average molecular weight is 376 g/mol. The quantitative estimate of drug-likeness (QED) is 0.794. The van der Waals surface area contributed by atoms with Crippen LogP contribution in [-0.2, 0) is 10.2 Å². The maximum atomic E-state index is 12.7. The Hall–Kier alpha value is -2.03. The Kier molecular flexibility index (Phi) is 5.55. The van der Waals surface area contributed by atoms with Gasteiger partial charge in [0.1, 0.15) is 5.69 Å². The van der Waals surface area contributed by atoms with E-state index < -0.39 is 10.2 Å². The third-order valence-corrected chi connectivity index (χ3v) is 6.89. The van der Waals surface area contributed by atoms with Crippen LogP contribution in [-0.4, -0.2) is 72.1 Å². The molecule has 0 unspecified atom stereocenters. The van der Waals surface area contributed by atoms with Gasteiger partial charge in [-0.1, -0.05) is 38.1 Å². The minimum absolute atomic E-state index is 0.157. The van der Waals surface area contributed by atoms with Gasteiger partial charge in [-0.05, 0) is 12.1 Å². The van der Waals surface area contributed by atoms with Crippen LogP contribution in [0.25, 0.3) is 10.9 Å². The molecule has 1 aromatic carbocycles. The molecule has 26 heavy (non-hydrogen) atoms. The van der Waals surface area contributed by atoms with Crippen molar-refractivity contribution in [2.24, 2.45) is 0 Å². The lowest BCUT2D eigenvalue weighted by Crippen LogP contribution is -2.54. The van der Waals surface area contributed by atoms with Crippen molar-refractivity contribution in [1.82, 2.24) is 18.5 Å². The summed E-state index contributed by atoms with van der Waals surface area (Å²) in [4.78, 5) is 18.8. The number of amides is 1. The van der Waals surface area contributed by atoms with E-state index in [1.54, 1.807) is 11.0 Å². The molecule has 140 valence electrons. The summed E-state index contributed by atoms with van der Waals surface area (Å²) in [5, 5.41) is 0.985. The largest absolute Gasteiger partial charge is 0.335 e. The lowest BCUT2D eigenvalue weighted by atomic mass is 10.2. The molecule has 0 aliphatic carbocycles. The molecule has 1 aromatic heterocycles. The van der Waals surface area contributed by atoms with Crippen LogP contribution in [0.5, 0.6) is 0 Å². The van der Waals surface area contributed by atoms with Gasteiger partial charge in [-0.25, -0.2) is 4.98 Å². The summed E-state index contributed by atoms with van der Waals surface area (Å²) < 4.78 is 28.0. The Bertz CT molecular complexity index is 888. The first-order chi connectivity index (χ1) is 12.5. The van der Waals surface area contributed by atoms with Crippen molar-refractivity contribution in [3.8, 4) is 0 Å². The molecule has 7 nitrogen and oxygen atoms in total. The summed E-state index contributed by atoms with van der Waals surface area (Å²) >= 11 is 0. The molecule has 0 spiro atoms. The lowest BCUT2D eigenvalue weighted by Gasteiger charge is -2.36. The molecule has 0 radical (unpaired) electrons. The van der Waals surface area contributed by atoms with Gasteiger partial charge in [-0.3, -0.25) is 4.79 Å². The van der Waals surface area contributed by atoms with Gasteiger partial charge in [0, 0.05) is 44.7 Å². The van der Waals surface area contributed by atoms with E-state index in [-0.39, 0.29) is 5.91 Å². The van der Waals surface area contributed by atoms with Crippen LogP contribution >= 0.6 is 0 Å². The van der Waals surface area contributed by atoms with E-state index in [9.17, 15) is 13.2 Å².